The number of hydrogen-bond acceptors (Lipinski definition) is 4. The molecule has 144 valence electrons. The minimum atomic E-state index is -1.05. The van der Waals surface area contributed by atoms with Gasteiger partial charge in [-0.2, -0.15) is 0 Å². The Morgan fingerprint density at radius 3 is 2.46 bits per heavy atom. The second kappa shape index (κ2) is 6.99. The van der Waals surface area contributed by atoms with Crippen molar-refractivity contribution in [2.24, 2.45) is 5.92 Å². The Balaban J connectivity index is 1.55. The average molecular weight is 379 g/mol. The molecule has 0 aromatic heterocycles. The molecule has 1 atom stereocenters. The molecule has 0 unspecified atom stereocenters. The first kappa shape index (κ1) is 18.0. The van der Waals surface area contributed by atoms with E-state index in [2.05, 4.69) is 16.0 Å². The zero-order chi connectivity index (χ0) is 19.7. The molecule has 7 heteroatoms. The number of urea groups is 1. The Hall–Kier alpha value is -3.35. The summed E-state index contributed by atoms with van der Waals surface area (Å²) in [6, 6.07) is 14.2. The van der Waals surface area contributed by atoms with Crippen LogP contribution in [0.2, 0.25) is 0 Å². The van der Waals surface area contributed by atoms with Crippen LogP contribution in [-0.2, 0) is 4.79 Å². The number of ether oxygens (including phenoxy) is 1. The van der Waals surface area contributed by atoms with Crippen LogP contribution in [-0.4, -0.2) is 37.0 Å². The van der Waals surface area contributed by atoms with Gasteiger partial charge in [0.2, 0.25) is 0 Å². The Morgan fingerprint density at radius 1 is 1.14 bits per heavy atom. The van der Waals surface area contributed by atoms with Crippen LogP contribution in [0.15, 0.2) is 48.5 Å². The molecular weight excluding hydrogens is 358 g/mol. The molecule has 28 heavy (non-hydrogen) atoms. The van der Waals surface area contributed by atoms with E-state index in [4.69, 9.17) is 4.74 Å². The molecular formula is C21H21N3O4. The van der Waals surface area contributed by atoms with E-state index in [0.717, 1.165) is 29.7 Å². The monoisotopic (exact) mass is 379 g/mol. The second-order valence-electron chi connectivity index (χ2n) is 7.11. The minimum Gasteiger partial charge on any atom is -0.497 e. The maximum absolute atomic E-state index is 12.9. The van der Waals surface area contributed by atoms with E-state index in [1.54, 1.807) is 19.2 Å². The first-order chi connectivity index (χ1) is 13.5. The summed E-state index contributed by atoms with van der Waals surface area (Å²) in [5.74, 6) is 0.125. The van der Waals surface area contributed by atoms with Crippen LogP contribution in [0, 0.1) is 5.92 Å². The van der Waals surface area contributed by atoms with Gasteiger partial charge in [0.25, 0.3) is 11.8 Å². The number of methoxy groups -OCH3 is 1. The Morgan fingerprint density at radius 2 is 1.86 bits per heavy atom. The predicted molar refractivity (Wildman–Crippen MR) is 103 cm³/mol. The quantitative estimate of drug-likeness (QED) is 0.670. The topological polar surface area (TPSA) is 96.5 Å². The van der Waals surface area contributed by atoms with Crippen LogP contribution in [0.3, 0.4) is 0 Å². The minimum absolute atomic E-state index is 0.0519. The summed E-state index contributed by atoms with van der Waals surface area (Å²) in [5, 5.41) is 7.85. The lowest BCUT2D eigenvalue weighted by molar-refractivity contribution is -0.124. The van der Waals surface area contributed by atoms with Crippen LogP contribution in [0.5, 0.6) is 5.75 Å². The summed E-state index contributed by atoms with van der Waals surface area (Å²) in [6.45, 7) is 0.0605. The van der Waals surface area contributed by atoms with Gasteiger partial charge in [-0.1, -0.05) is 30.3 Å². The van der Waals surface area contributed by atoms with Crippen LogP contribution < -0.4 is 20.7 Å². The predicted octanol–water partition coefficient (Wildman–Crippen LogP) is 2.08. The van der Waals surface area contributed by atoms with E-state index >= 15 is 0 Å². The molecule has 0 bridgehead atoms. The highest BCUT2D eigenvalue weighted by atomic mass is 16.5. The number of carbonyl (C=O) groups excluding carboxylic acids is 3. The van der Waals surface area contributed by atoms with Gasteiger partial charge in [0, 0.05) is 5.56 Å². The van der Waals surface area contributed by atoms with Crippen molar-refractivity contribution >= 4 is 17.8 Å². The first-order valence-electron chi connectivity index (χ1n) is 9.19. The van der Waals surface area contributed by atoms with Crippen LogP contribution >= 0.6 is 0 Å². The van der Waals surface area contributed by atoms with Gasteiger partial charge in [0.1, 0.15) is 11.3 Å². The van der Waals surface area contributed by atoms with Crippen molar-refractivity contribution in [1.29, 1.82) is 0 Å². The van der Waals surface area contributed by atoms with E-state index < -0.39 is 11.6 Å². The second-order valence-corrected chi connectivity index (χ2v) is 7.11. The van der Waals surface area contributed by atoms with Gasteiger partial charge in [0.15, 0.2) is 0 Å². The molecule has 1 saturated heterocycles. The van der Waals surface area contributed by atoms with E-state index in [1.165, 1.54) is 0 Å². The van der Waals surface area contributed by atoms with Gasteiger partial charge in [-0.25, -0.2) is 4.79 Å². The smallest absolute Gasteiger partial charge is 0.322 e. The van der Waals surface area contributed by atoms with E-state index in [0.29, 0.717) is 5.56 Å². The maximum Gasteiger partial charge on any atom is 0.322 e. The molecule has 1 heterocycles. The number of benzene rings is 2. The van der Waals surface area contributed by atoms with E-state index in [1.807, 2.05) is 36.4 Å². The van der Waals surface area contributed by atoms with Crippen molar-refractivity contribution in [3.8, 4) is 16.9 Å². The fourth-order valence-electron chi connectivity index (χ4n) is 3.66. The normalized spacial score (nSPS) is 21.0. The molecule has 4 amide bonds. The summed E-state index contributed by atoms with van der Waals surface area (Å²) < 4.78 is 5.18. The maximum atomic E-state index is 12.9. The molecule has 1 saturated carbocycles. The number of hydrogen-bond donors (Lipinski definition) is 3. The molecule has 0 radical (unpaired) electrons. The van der Waals surface area contributed by atoms with Crippen molar-refractivity contribution in [3.63, 3.8) is 0 Å². The lowest BCUT2D eigenvalue weighted by atomic mass is 9.92. The Labute approximate surface area is 162 Å². The average Bonchev–Trinajstić information content (AvgIpc) is 3.52. The van der Waals surface area contributed by atoms with Crippen molar-refractivity contribution in [2.75, 3.05) is 13.7 Å². The highest BCUT2D eigenvalue weighted by Gasteiger charge is 2.56. The molecule has 2 aliphatic rings. The van der Waals surface area contributed by atoms with Crippen LogP contribution in [0.1, 0.15) is 23.2 Å². The molecule has 4 rings (SSSR count). The number of imide groups is 1. The zero-order valence-corrected chi connectivity index (χ0v) is 15.5. The Kier molecular flexibility index (Phi) is 4.50. The van der Waals surface area contributed by atoms with E-state index in [9.17, 15) is 14.4 Å². The highest BCUT2D eigenvalue weighted by Crippen LogP contribution is 2.41. The SMILES string of the molecule is COc1ccc(-c2ccccc2C(=O)NC[C@@]2(C3CC3)NC(=O)NC2=O)cc1. The van der Waals surface area contributed by atoms with Gasteiger partial charge in [-0.15, -0.1) is 0 Å². The lowest BCUT2D eigenvalue weighted by Gasteiger charge is -2.26. The number of carbonyl (C=O) groups is 3. The summed E-state index contributed by atoms with van der Waals surface area (Å²) in [5.41, 5.74) is 1.11. The summed E-state index contributed by atoms with van der Waals surface area (Å²) in [7, 11) is 1.60. The summed E-state index contributed by atoms with van der Waals surface area (Å²) in [4.78, 5) is 36.9. The molecule has 7 nitrogen and oxygen atoms in total. The summed E-state index contributed by atoms with van der Waals surface area (Å²) >= 11 is 0. The third-order valence-electron chi connectivity index (χ3n) is 5.34. The lowest BCUT2D eigenvalue weighted by Crippen LogP contribution is -2.57. The van der Waals surface area contributed by atoms with Gasteiger partial charge in [0.05, 0.1) is 13.7 Å². The van der Waals surface area contributed by atoms with E-state index in [-0.39, 0.29) is 24.3 Å². The fraction of sp³-hybridized carbons (Fsp3) is 0.286. The van der Waals surface area contributed by atoms with Gasteiger partial charge in [-0.05, 0) is 48.1 Å². The summed E-state index contributed by atoms with van der Waals surface area (Å²) in [6.07, 6.45) is 1.71. The molecule has 2 aromatic rings. The number of nitrogens with one attached hydrogen (secondary N) is 3. The standard InChI is InChI=1S/C21H21N3O4/c1-28-15-10-6-13(7-11-15)16-4-2-3-5-17(16)18(25)22-12-21(14-8-9-14)19(26)23-20(27)24-21/h2-7,10-11,14H,8-9,12H2,1H3,(H,22,25)(H2,23,24,26,27)/t21-/m0/s1. The van der Waals surface area contributed by atoms with Crippen LogP contribution in [0.25, 0.3) is 11.1 Å². The van der Waals surface area contributed by atoms with Crippen molar-refractivity contribution in [3.05, 3.63) is 54.1 Å². The van der Waals surface area contributed by atoms with Gasteiger partial charge >= 0.3 is 6.03 Å². The highest BCUT2D eigenvalue weighted by molar-refractivity contribution is 6.08. The number of rotatable bonds is 6. The fourth-order valence-corrected chi connectivity index (χ4v) is 3.66. The van der Waals surface area contributed by atoms with Crippen molar-refractivity contribution in [1.82, 2.24) is 16.0 Å². The number of amides is 4. The third-order valence-corrected chi connectivity index (χ3v) is 5.34. The largest absolute Gasteiger partial charge is 0.497 e. The van der Waals surface area contributed by atoms with Gasteiger partial charge < -0.3 is 15.4 Å². The Bertz CT molecular complexity index is 937. The first-order valence-corrected chi connectivity index (χ1v) is 9.19. The third kappa shape index (κ3) is 3.19. The molecule has 2 aromatic carbocycles. The van der Waals surface area contributed by atoms with Crippen molar-refractivity contribution < 1.29 is 19.1 Å². The molecule has 2 fully saturated rings. The van der Waals surface area contributed by atoms with Crippen molar-refractivity contribution in [2.45, 2.75) is 18.4 Å². The molecule has 1 aliphatic carbocycles. The molecule has 1 aliphatic heterocycles. The van der Waals surface area contributed by atoms with Gasteiger partial charge in [-0.3, -0.25) is 14.9 Å². The molecule has 0 spiro atoms. The molecule has 3 N–H and O–H groups in total. The van der Waals surface area contributed by atoms with Crippen LogP contribution in [0.4, 0.5) is 4.79 Å². The zero-order valence-electron chi connectivity index (χ0n) is 15.5.